The van der Waals surface area contributed by atoms with Crippen LogP contribution in [0.2, 0.25) is 0 Å². The van der Waals surface area contributed by atoms with E-state index in [2.05, 4.69) is 15.7 Å². The summed E-state index contributed by atoms with van der Waals surface area (Å²) in [5.74, 6) is -2.03. The summed E-state index contributed by atoms with van der Waals surface area (Å²) in [7, 11) is 0. The van der Waals surface area contributed by atoms with E-state index in [0.717, 1.165) is 21.5 Å². The summed E-state index contributed by atoms with van der Waals surface area (Å²) in [5, 5.41) is 9.14. The lowest BCUT2D eigenvalue weighted by Gasteiger charge is -2.25. The predicted octanol–water partition coefficient (Wildman–Crippen LogP) is 2.76. The molecule has 0 saturated carbocycles. The van der Waals surface area contributed by atoms with E-state index in [-0.39, 0.29) is 31.1 Å². The quantitative estimate of drug-likeness (QED) is 0.495. The van der Waals surface area contributed by atoms with Crippen LogP contribution in [0, 0.1) is 0 Å². The number of hydrazine groups is 1. The number of carbonyl (C=O) groups is 3. The van der Waals surface area contributed by atoms with Crippen molar-refractivity contribution in [2.45, 2.75) is 26.4 Å². The average Bonchev–Trinajstić information content (AvgIpc) is 3.51. The van der Waals surface area contributed by atoms with Gasteiger partial charge in [-0.25, -0.2) is 19.3 Å². The van der Waals surface area contributed by atoms with Crippen molar-refractivity contribution in [3.63, 3.8) is 0 Å². The molecule has 4 rings (SSSR count). The van der Waals surface area contributed by atoms with Crippen LogP contribution >= 0.6 is 0 Å². The van der Waals surface area contributed by atoms with E-state index in [4.69, 9.17) is 9.47 Å². The van der Waals surface area contributed by atoms with E-state index < -0.39 is 23.9 Å². The van der Waals surface area contributed by atoms with E-state index in [0.29, 0.717) is 0 Å². The van der Waals surface area contributed by atoms with Crippen LogP contribution < -0.4 is 5.43 Å². The summed E-state index contributed by atoms with van der Waals surface area (Å²) in [6, 6.07) is 18.8. The Morgan fingerprint density at radius 2 is 1.54 bits per heavy atom. The number of hydrogen-bond acceptors (Lipinski definition) is 8. The fraction of sp³-hybridized carbons (Fsp3) is 0.240. The first kappa shape index (κ1) is 23.7. The third kappa shape index (κ3) is 5.06. The summed E-state index contributed by atoms with van der Waals surface area (Å²) < 4.78 is 11.1. The minimum atomic E-state index is -0.816. The van der Waals surface area contributed by atoms with Gasteiger partial charge in [-0.2, -0.15) is 0 Å². The zero-order valence-corrected chi connectivity index (χ0v) is 19.4. The summed E-state index contributed by atoms with van der Waals surface area (Å²) in [6.45, 7) is 3.09. The van der Waals surface area contributed by atoms with Crippen molar-refractivity contribution in [2.75, 3.05) is 13.2 Å². The molecule has 0 aliphatic carbocycles. The van der Waals surface area contributed by atoms with Gasteiger partial charge >= 0.3 is 11.9 Å². The van der Waals surface area contributed by atoms with Gasteiger partial charge in [-0.3, -0.25) is 10.2 Å². The Labute approximate surface area is 202 Å². The van der Waals surface area contributed by atoms with Crippen LogP contribution in [0.25, 0.3) is 5.70 Å². The molecule has 1 aliphatic rings. The van der Waals surface area contributed by atoms with Gasteiger partial charge in [0.25, 0.3) is 5.91 Å². The molecule has 10 heteroatoms. The fourth-order valence-electron chi connectivity index (χ4n) is 3.73. The normalized spacial score (nSPS) is 14.7. The van der Waals surface area contributed by atoms with Crippen LogP contribution in [0.5, 0.6) is 0 Å². The molecule has 2 aromatic carbocycles. The topological polar surface area (TPSA) is 116 Å². The number of nitrogens with one attached hydrogen (secondary N) is 1. The fourth-order valence-corrected chi connectivity index (χ4v) is 3.73. The summed E-state index contributed by atoms with van der Waals surface area (Å²) >= 11 is 0. The summed E-state index contributed by atoms with van der Waals surface area (Å²) in [6.07, 6.45) is 1.96. The SMILES string of the molecule is CCOC(=O)c1nnn(CC(=O)N2NC(c3ccccc3)=CC2c2ccccc2)c1C(=O)OCC. The first-order chi connectivity index (χ1) is 17.0. The summed E-state index contributed by atoms with van der Waals surface area (Å²) in [4.78, 5) is 38.4. The number of hydrogen-bond donors (Lipinski definition) is 1. The highest BCUT2D eigenvalue weighted by atomic mass is 16.5. The zero-order chi connectivity index (χ0) is 24.8. The number of nitrogens with zero attached hydrogens (tertiary/aromatic N) is 4. The van der Waals surface area contributed by atoms with Crippen molar-refractivity contribution in [3.8, 4) is 0 Å². The third-order valence-corrected chi connectivity index (χ3v) is 5.30. The Kier molecular flexibility index (Phi) is 7.20. The second-order valence-electron chi connectivity index (χ2n) is 7.56. The molecule has 180 valence electrons. The molecule has 2 heterocycles. The van der Waals surface area contributed by atoms with E-state index in [1.165, 1.54) is 5.01 Å². The third-order valence-electron chi connectivity index (χ3n) is 5.30. The first-order valence-corrected chi connectivity index (χ1v) is 11.2. The highest BCUT2D eigenvalue weighted by Gasteiger charge is 2.33. The van der Waals surface area contributed by atoms with Crippen LogP contribution in [0.1, 0.15) is 52.0 Å². The molecule has 1 aromatic heterocycles. The lowest BCUT2D eigenvalue weighted by Crippen LogP contribution is -2.42. The molecule has 1 amide bonds. The number of esters is 2. The minimum absolute atomic E-state index is 0.0777. The van der Waals surface area contributed by atoms with Crippen molar-refractivity contribution >= 4 is 23.5 Å². The summed E-state index contributed by atoms with van der Waals surface area (Å²) in [5.41, 5.74) is 5.23. The van der Waals surface area contributed by atoms with Gasteiger partial charge in [-0.15, -0.1) is 5.10 Å². The second-order valence-corrected chi connectivity index (χ2v) is 7.56. The molecule has 1 N–H and O–H groups in total. The van der Waals surface area contributed by atoms with E-state index in [1.54, 1.807) is 13.8 Å². The monoisotopic (exact) mass is 475 g/mol. The smallest absolute Gasteiger partial charge is 0.361 e. The maximum atomic E-state index is 13.5. The molecule has 1 aliphatic heterocycles. The van der Waals surface area contributed by atoms with Gasteiger partial charge in [-0.05, 0) is 31.1 Å². The molecule has 0 saturated heterocycles. The van der Waals surface area contributed by atoms with Crippen molar-refractivity contribution in [2.24, 2.45) is 0 Å². The van der Waals surface area contributed by atoms with Crippen LogP contribution in [0.4, 0.5) is 0 Å². The Morgan fingerprint density at radius 1 is 0.914 bits per heavy atom. The van der Waals surface area contributed by atoms with Crippen molar-refractivity contribution in [1.29, 1.82) is 0 Å². The molecule has 0 bridgehead atoms. The molecule has 0 fully saturated rings. The average molecular weight is 476 g/mol. The van der Waals surface area contributed by atoms with Gasteiger partial charge in [0, 0.05) is 0 Å². The number of benzene rings is 2. The highest BCUT2D eigenvalue weighted by molar-refractivity contribution is 6.00. The number of ether oxygens (including phenoxy) is 2. The number of rotatable bonds is 8. The molecule has 0 spiro atoms. The van der Waals surface area contributed by atoms with Gasteiger partial charge in [0.1, 0.15) is 6.54 Å². The Morgan fingerprint density at radius 3 is 2.20 bits per heavy atom. The largest absolute Gasteiger partial charge is 0.461 e. The standard InChI is InChI=1S/C25H25N5O5/c1-3-34-24(32)22-23(25(33)35-4-2)29(28-26-22)16-21(31)30-20(18-13-9-6-10-14-18)15-19(27-30)17-11-7-5-8-12-17/h5-15,20,27H,3-4,16H2,1-2H3. The van der Waals surface area contributed by atoms with Gasteiger partial charge in [0.2, 0.25) is 5.69 Å². The molecule has 35 heavy (non-hydrogen) atoms. The lowest BCUT2D eigenvalue weighted by atomic mass is 10.0. The van der Waals surface area contributed by atoms with Crippen LogP contribution in [-0.2, 0) is 20.8 Å². The highest BCUT2D eigenvalue weighted by Crippen LogP contribution is 2.31. The minimum Gasteiger partial charge on any atom is -0.461 e. The molecular weight excluding hydrogens is 450 g/mol. The lowest BCUT2D eigenvalue weighted by molar-refractivity contribution is -0.135. The first-order valence-electron chi connectivity index (χ1n) is 11.2. The van der Waals surface area contributed by atoms with Crippen LogP contribution in [0.15, 0.2) is 66.7 Å². The molecule has 3 aromatic rings. The predicted molar refractivity (Wildman–Crippen MR) is 126 cm³/mol. The second kappa shape index (κ2) is 10.6. The van der Waals surface area contributed by atoms with Gasteiger partial charge in [0.15, 0.2) is 5.69 Å². The number of amides is 1. The number of carbonyl (C=O) groups excluding carboxylic acids is 3. The Balaban J connectivity index is 1.64. The molecule has 0 radical (unpaired) electrons. The van der Waals surface area contributed by atoms with E-state index in [9.17, 15) is 14.4 Å². The molecule has 10 nitrogen and oxygen atoms in total. The van der Waals surface area contributed by atoms with Crippen LogP contribution in [0.3, 0.4) is 0 Å². The maximum absolute atomic E-state index is 13.5. The van der Waals surface area contributed by atoms with Gasteiger partial charge in [0.05, 0.1) is 25.0 Å². The van der Waals surface area contributed by atoms with Crippen LogP contribution in [-0.4, -0.2) is 51.1 Å². The maximum Gasteiger partial charge on any atom is 0.361 e. The van der Waals surface area contributed by atoms with Gasteiger partial charge in [-0.1, -0.05) is 65.9 Å². The van der Waals surface area contributed by atoms with Crippen molar-refractivity contribution < 1.29 is 23.9 Å². The van der Waals surface area contributed by atoms with E-state index in [1.807, 2.05) is 66.7 Å². The number of aromatic nitrogens is 3. The Hall–Kier alpha value is -4.47. The van der Waals surface area contributed by atoms with Gasteiger partial charge < -0.3 is 9.47 Å². The van der Waals surface area contributed by atoms with Crippen molar-refractivity contribution in [1.82, 2.24) is 25.4 Å². The Bertz CT molecular complexity index is 1240. The van der Waals surface area contributed by atoms with E-state index >= 15 is 0 Å². The molecule has 1 unspecified atom stereocenters. The van der Waals surface area contributed by atoms with Crippen molar-refractivity contribution in [3.05, 3.63) is 89.3 Å². The zero-order valence-electron chi connectivity index (χ0n) is 19.4. The molecular formula is C25H25N5O5. The molecule has 1 atom stereocenters.